The Morgan fingerprint density at radius 3 is 3.07 bits per heavy atom. The Morgan fingerprint density at radius 1 is 1.50 bits per heavy atom. The third kappa shape index (κ3) is 4.94. The van der Waals surface area contributed by atoms with Gasteiger partial charge in [0, 0.05) is 6.42 Å². The van der Waals surface area contributed by atoms with Crippen LogP contribution in [0.3, 0.4) is 0 Å². The summed E-state index contributed by atoms with van der Waals surface area (Å²) < 4.78 is 18.8. The Kier molecular flexibility index (Phi) is 6.74. The fraction of sp³-hybridized carbons (Fsp3) is 0.263. The molecular formula is C19H21IN4O3S. The Balaban J connectivity index is 1.70. The molecule has 0 unspecified atom stereocenters. The van der Waals surface area contributed by atoms with Crippen molar-refractivity contribution < 1.29 is 12.6 Å². The van der Waals surface area contributed by atoms with Crippen LogP contribution in [0, 0.1) is 11.3 Å². The molecule has 2 aliphatic rings. The normalized spacial score (nSPS) is 20.3. The Hall–Kier alpha value is -2.32. The van der Waals surface area contributed by atoms with Crippen molar-refractivity contribution in [3.8, 4) is 11.8 Å². The third-order valence-electron chi connectivity index (χ3n) is 3.76. The maximum atomic E-state index is 9.03. The van der Waals surface area contributed by atoms with Crippen molar-refractivity contribution in [1.29, 1.82) is 5.26 Å². The molecule has 7 nitrogen and oxygen atoms in total. The number of alkyl halides is 2. The van der Waals surface area contributed by atoms with Gasteiger partial charge in [-0.3, -0.25) is 0 Å². The van der Waals surface area contributed by atoms with E-state index in [0.29, 0.717) is 11.6 Å². The van der Waals surface area contributed by atoms with Crippen molar-refractivity contribution in [3.05, 3.63) is 59.3 Å². The van der Waals surface area contributed by atoms with Crippen molar-refractivity contribution in [2.75, 3.05) is 16.5 Å². The van der Waals surface area contributed by atoms with Gasteiger partial charge in [0.2, 0.25) is 0 Å². The van der Waals surface area contributed by atoms with Crippen molar-refractivity contribution in [2.45, 2.75) is 18.2 Å². The summed E-state index contributed by atoms with van der Waals surface area (Å²) in [6, 6.07) is 8.07. The topological polar surface area (TPSA) is 88.2 Å². The van der Waals surface area contributed by atoms with E-state index in [1.165, 1.54) is 11.8 Å². The number of nitriles is 1. The third-order valence-corrected chi connectivity index (χ3v) is 6.42. The van der Waals surface area contributed by atoms with Crippen LogP contribution in [0.15, 0.2) is 68.2 Å². The van der Waals surface area contributed by atoms with Crippen LogP contribution < -0.4 is 9.46 Å². The zero-order valence-corrected chi connectivity index (χ0v) is 18.8. The number of allylic oxidation sites excluding steroid dienone is 2. The number of hydrogen-bond acceptors (Lipinski definition) is 7. The van der Waals surface area contributed by atoms with Gasteiger partial charge in [0.1, 0.15) is 5.75 Å². The molecule has 2 heterocycles. The summed E-state index contributed by atoms with van der Waals surface area (Å²) >= 11 is -1.53. The molecule has 0 spiro atoms. The summed E-state index contributed by atoms with van der Waals surface area (Å²) in [4.78, 5) is 14.8. The molecule has 1 aromatic rings. The van der Waals surface area contributed by atoms with Gasteiger partial charge < -0.3 is 4.74 Å². The SMILES string of the molecule is C=C(C#N)/C(=C\N=CC(C)=C1N[S@@](c2ccc3c(c2)CCO3)=NO1)OI(C)C. The number of hydrogen-bond donors (Lipinski definition) is 1. The van der Waals surface area contributed by atoms with Crippen LogP contribution in [-0.2, 0) is 25.2 Å². The van der Waals surface area contributed by atoms with Crippen LogP contribution in [0.1, 0.15) is 12.5 Å². The van der Waals surface area contributed by atoms with E-state index in [1.54, 1.807) is 6.21 Å². The molecule has 0 aromatic heterocycles. The molecule has 0 saturated carbocycles. The number of nitrogens with zero attached hydrogens (tertiary/aromatic N) is 3. The van der Waals surface area contributed by atoms with Crippen molar-refractivity contribution in [1.82, 2.24) is 4.72 Å². The number of ether oxygens (including phenoxy) is 1. The number of benzene rings is 1. The van der Waals surface area contributed by atoms with Crippen molar-refractivity contribution >= 4 is 37.3 Å². The first-order chi connectivity index (χ1) is 13.5. The summed E-state index contributed by atoms with van der Waals surface area (Å²) in [5, 5.41) is 9.03. The minimum absolute atomic E-state index is 0.265. The Bertz CT molecular complexity index is 960. The van der Waals surface area contributed by atoms with Crippen LogP contribution in [0.5, 0.6) is 5.75 Å². The molecule has 3 rings (SSSR count). The molecule has 0 amide bonds. The molecule has 0 radical (unpaired) electrons. The predicted octanol–water partition coefficient (Wildman–Crippen LogP) is 4.15. The van der Waals surface area contributed by atoms with Crippen LogP contribution in [0.2, 0.25) is 0 Å². The fourth-order valence-corrected chi connectivity index (χ4v) is 4.92. The molecule has 0 fully saturated rings. The Morgan fingerprint density at radius 2 is 2.32 bits per heavy atom. The Labute approximate surface area is 174 Å². The summed E-state index contributed by atoms with van der Waals surface area (Å²) in [6.45, 7) is 6.29. The van der Waals surface area contributed by atoms with Crippen molar-refractivity contribution in [2.24, 2.45) is 9.52 Å². The second-order valence-corrected chi connectivity index (χ2v) is 11.8. The van der Waals surface area contributed by atoms with E-state index in [2.05, 4.69) is 26.9 Å². The number of aliphatic imine (C=N–C) groups is 1. The second-order valence-electron chi connectivity index (χ2n) is 6.06. The molecular weight excluding hydrogens is 491 g/mol. The van der Waals surface area contributed by atoms with E-state index in [-0.39, 0.29) is 5.57 Å². The number of fused-ring (bicyclic) bond motifs is 1. The molecule has 1 N–H and O–H groups in total. The van der Waals surface area contributed by atoms with Gasteiger partial charge in [0.25, 0.3) is 0 Å². The van der Waals surface area contributed by atoms with Crippen LogP contribution >= 0.6 is 20.2 Å². The average molecular weight is 512 g/mol. The quantitative estimate of drug-likeness (QED) is 0.155. The first kappa shape index (κ1) is 20.4. The van der Waals surface area contributed by atoms with Crippen molar-refractivity contribution in [3.63, 3.8) is 0 Å². The first-order valence-corrected chi connectivity index (χ1v) is 14.7. The zero-order valence-electron chi connectivity index (χ0n) is 15.9. The maximum absolute atomic E-state index is 9.03. The van der Waals surface area contributed by atoms with E-state index in [1.807, 2.05) is 35.0 Å². The van der Waals surface area contributed by atoms with Crippen LogP contribution in [0.4, 0.5) is 0 Å². The summed E-state index contributed by atoms with van der Waals surface area (Å²) in [6.07, 6.45) is 4.07. The summed E-state index contributed by atoms with van der Waals surface area (Å²) in [5.74, 6) is 1.91. The van der Waals surface area contributed by atoms with Gasteiger partial charge in [-0.2, -0.15) is 0 Å². The van der Waals surface area contributed by atoms with E-state index >= 15 is 0 Å². The molecule has 1 atom stereocenters. The molecule has 148 valence electrons. The van der Waals surface area contributed by atoms with Gasteiger partial charge in [-0.1, -0.05) is 0 Å². The minimum atomic E-state index is -1.53. The van der Waals surface area contributed by atoms with E-state index < -0.39 is 31.1 Å². The van der Waals surface area contributed by atoms with Gasteiger partial charge in [0.15, 0.2) is 0 Å². The summed E-state index contributed by atoms with van der Waals surface area (Å²) in [7, 11) is -0.578. The number of rotatable bonds is 6. The van der Waals surface area contributed by atoms with Crippen LogP contribution in [0.25, 0.3) is 0 Å². The summed E-state index contributed by atoms with van der Waals surface area (Å²) in [5.41, 5.74) is 2.24. The van der Waals surface area contributed by atoms with Crippen LogP contribution in [-0.4, -0.2) is 22.7 Å². The van der Waals surface area contributed by atoms with E-state index in [9.17, 15) is 0 Å². The van der Waals surface area contributed by atoms with E-state index in [0.717, 1.165) is 29.2 Å². The van der Waals surface area contributed by atoms with Gasteiger partial charge >= 0.3 is 152 Å². The molecule has 0 bridgehead atoms. The fourth-order valence-electron chi connectivity index (χ4n) is 2.38. The molecule has 9 heteroatoms. The van der Waals surface area contributed by atoms with Gasteiger partial charge in [-0.15, -0.1) is 0 Å². The molecule has 28 heavy (non-hydrogen) atoms. The molecule has 0 saturated heterocycles. The second kappa shape index (κ2) is 9.25. The average Bonchev–Trinajstić information content (AvgIpc) is 3.34. The predicted molar refractivity (Wildman–Crippen MR) is 119 cm³/mol. The molecule has 2 aliphatic heterocycles. The molecule has 0 aliphatic carbocycles. The van der Waals surface area contributed by atoms with E-state index in [4.69, 9.17) is 17.9 Å². The molecule has 1 aromatic carbocycles. The number of nitrogens with one attached hydrogen (secondary N) is 1. The first-order valence-electron chi connectivity index (χ1n) is 8.35. The zero-order chi connectivity index (χ0) is 20.1. The standard InChI is InChI=1S/C19H21IN4O3S/c1-13(10-21)18(26-20(3)4)12-22-11-14(2)19-23-28(24-27-19)16-5-6-17-15(9-16)7-8-25-17/h5-6,9,11-12H,1,7-8H2,2-4H3,(H,23,24)/b18-12+,19-14?,22-11?/t28-/m1/s1. The van der Waals surface area contributed by atoms with Gasteiger partial charge in [-0.05, 0) is 0 Å². The monoisotopic (exact) mass is 512 g/mol. The number of halogens is 1. The van der Waals surface area contributed by atoms with Gasteiger partial charge in [-0.25, -0.2) is 0 Å². The van der Waals surface area contributed by atoms with Gasteiger partial charge in [0.05, 0.1) is 6.61 Å².